The third-order valence-corrected chi connectivity index (χ3v) is 3.50. The van der Waals surface area contributed by atoms with Crippen LogP contribution in [0.5, 0.6) is 0 Å². The maximum atomic E-state index is 4.40. The molecule has 0 atom stereocenters. The smallest absolute Gasteiger partial charge is 0.191 e. The summed E-state index contributed by atoms with van der Waals surface area (Å²) in [6, 6.07) is 1.90. The van der Waals surface area contributed by atoms with E-state index >= 15 is 0 Å². The predicted molar refractivity (Wildman–Crippen MR) is 77.7 cm³/mol. The minimum absolute atomic E-state index is 0.762. The van der Waals surface area contributed by atoms with Gasteiger partial charge in [-0.15, -0.1) is 11.3 Å². The monoisotopic (exact) mass is 281 g/mol. The molecule has 0 saturated heterocycles. The van der Waals surface area contributed by atoms with Gasteiger partial charge in [-0.3, -0.25) is 0 Å². The highest BCUT2D eigenvalue weighted by Gasteiger charge is 2.03. The minimum Gasteiger partial charge on any atom is -0.373 e. The van der Waals surface area contributed by atoms with Gasteiger partial charge in [0.15, 0.2) is 5.16 Å². The number of thiazole rings is 1. The molecule has 0 radical (unpaired) electrons. The van der Waals surface area contributed by atoms with E-state index in [0.717, 1.165) is 35.5 Å². The molecule has 0 aromatic carbocycles. The van der Waals surface area contributed by atoms with Gasteiger partial charge in [0.05, 0.1) is 11.2 Å². The van der Waals surface area contributed by atoms with Crippen LogP contribution in [-0.2, 0) is 6.42 Å². The molecule has 2 heterocycles. The van der Waals surface area contributed by atoms with E-state index in [0.29, 0.717) is 0 Å². The highest BCUT2D eigenvalue weighted by molar-refractivity contribution is 7.98. The van der Waals surface area contributed by atoms with Crippen molar-refractivity contribution in [2.75, 3.05) is 30.5 Å². The Hall–Kier alpha value is -1.34. The van der Waals surface area contributed by atoms with Gasteiger partial charge in [0, 0.05) is 31.5 Å². The topological polar surface area (TPSA) is 62.7 Å². The summed E-state index contributed by atoms with van der Waals surface area (Å²) >= 11 is 3.15. The quantitative estimate of drug-likeness (QED) is 0.626. The second kappa shape index (κ2) is 6.55. The van der Waals surface area contributed by atoms with Crippen molar-refractivity contribution in [1.82, 2.24) is 15.0 Å². The molecule has 0 aliphatic carbocycles. The van der Waals surface area contributed by atoms with Gasteiger partial charge in [0.2, 0.25) is 0 Å². The number of nitrogens with zero attached hydrogens (tertiary/aromatic N) is 3. The first-order chi connectivity index (χ1) is 8.81. The van der Waals surface area contributed by atoms with Crippen molar-refractivity contribution in [1.29, 1.82) is 0 Å². The Morgan fingerprint density at radius 2 is 2.17 bits per heavy atom. The largest absolute Gasteiger partial charge is 0.373 e. The zero-order chi connectivity index (χ0) is 12.8. The maximum absolute atomic E-state index is 4.40. The number of aromatic nitrogens is 3. The number of hydrogen-bond donors (Lipinski definition) is 2. The first-order valence-electron chi connectivity index (χ1n) is 5.53. The van der Waals surface area contributed by atoms with Gasteiger partial charge in [0.1, 0.15) is 11.6 Å². The Bertz CT molecular complexity index is 464. The van der Waals surface area contributed by atoms with E-state index < -0.39 is 0 Å². The van der Waals surface area contributed by atoms with Crippen LogP contribution in [0.3, 0.4) is 0 Å². The molecule has 18 heavy (non-hydrogen) atoms. The first kappa shape index (κ1) is 13.1. The second-order valence-electron chi connectivity index (χ2n) is 3.53. The lowest BCUT2D eigenvalue weighted by Crippen LogP contribution is -2.08. The third kappa shape index (κ3) is 3.58. The molecule has 2 rings (SSSR count). The fourth-order valence-corrected chi connectivity index (χ4v) is 2.39. The van der Waals surface area contributed by atoms with Gasteiger partial charge in [0.25, 0.3) is 0 Å². The van der Waals surface area contributed by atoms with E-state index in [9.17, 15) is 0 Å². The molecule has 7 heteroatoms. The number of hydrogen-bond acceptors (Lipinski definition) is 7. The molecule has 0 unspecified atom stereocenters. The lowest BCUT2D eigenvalue weighted by atomic mass is 10.3. The van der Waals surface area contributed by atoms with Crippen molar-refractivity contribution in [3.05, 3.63) is 22.7 Å². The summed E-state index contributed by atoms with van der Waals surface area (Å²) < 4.78 is 0. The van der Waals surface area contributed by atoms with Gasteiger partial charge in [-0.2, -0.15) is 0 Å². The lowest BCUT2D eigenvalue weighted by Gasteiger charge is -2.08. The minimum atomic E-state index is 0.762. The zero-order valence-corrected chi connectivity index (χ0v) is 11.9. The maximum Gasteiger partial charge on any atom is 0.191 e. The van der Waals surface area contributed by atoms with Crippen LogP contribution in [-0.4, -0.2) is 34.8 Å². The summed E-state index contributed by atoms with van der Waals surface area (Å²) in [7, 11) is 1.85. The molecule has 0 saturated carbocycles. The molecule has 0 bridgehead atoms. The molecule has 0 amide bonds. The third-order valence-electron chi connectivity index (χ3n) is 2.32. The molecule has 2 aromatic rings. The highest BCUT2D eigenvalue weighted by atomic mass is 32.2. The fraction of sp³-hybridized carbons (Fsp3) is 0.364. The molecule has 0 spiro atoms. The number of rotatable bonds is 6. The van der Waals surface area contributed by atoms with Gasteiger partial charge in [-0.05, 0) is 6.26 Å². The Balaban J connectivity index is 1.95. The Morgan fingerprint density at radius 1 is 1.33 bits per heavy atom. The van der Waals surface area contributed by atoms with Crippen molar-refractivity contribution in [3.63, 3.8) is 0 Å². The number of anilines is 2. The SMILES string of the molecule is CNc1cc(NCCc2cscn2)nc(SC)n1. The van der Waals surface area contributed by atoms with Crippen molar-refractivity contribution in [3.8, 4) is 0 Å². The molecule has 5 nitrogen and oxygen atoms in total. The average Bonchev–Trinajstić information content (AvgIpc) is 2.91. The van der Waals surface area contributed by atoms with Crippen LogP contribution in [0.4, 0.5) is 11.6 Å². The predicted octanol–water partition coefficient (Wildman–Crippen LogP) is 2.35. The van der Waals surface area contributed by atoms with Crippen LogP contribution in [0.15, 0.2) is 22.1 Å². The first-order valence-corrected chi connectivity index (χ1v) is 7.70. The van der Waals surface area contributed by atoms with E-state index in [1.807, 2.05) is 24.9 Å². The molecule has 96 valence electrons. The van der Waals surface area contributed by atoms with Crippen molar-refractivity contribution in [2.45, 2.75) is 11.6 Å². The number of nitrogens with one attached hydrogen (secondary N) is 2. The summed E-state index contributed by atoms with van der Waals surface area (Å²) in [5, 5.41) is 9.15. The van der Waals surface area contributed by atoms with Crippen LogP contribution in [0.1, 0.15) is 5.69 Å². The molecular formula is C11H15N5S2. The molecule has 2 aromatic heterocycles. The summed E-state index contributed by atoms with van der Waals surface area (Å²) in [5.74, 6) is 1.67. The summed E-state index contributed by atoms with van der Waals surface area (Å²) in [4.78, 5) is 13.0. The van der Waals surface area contributed by atoms with E-state index in [4.69, 9.17) is 0 Å². The Kier molecular flexibility index (Phi) is 4.77. The molecule has 0 aliphatic heterocycles. The van der Waals surface area contributed by atoms with Gasteiger partial charge >= 0.3 is 0 Å². The van der Waals surface area contributed by atoms with Crippen LogP contribution < -0.4 is 10.6 Å². The Morgan fingerprint density at radius 3 is 2.83 bits per heavy atom. The van der Waals surface area contributed by atoms with Crippen LogP contribution in [0.2, 0.25) is 0 Å². The van der Waals surface area contributed by atoms with Crippen LogP contribution in [0, 0.1) is 0 Å². The summed E-state index contributed by atoms with van der Waals surface area (Å²) in [6.07, 6.45) is 2.87. The lowest BCUT2D eigenvalue weighted by molar-refractivity contribution is 0.930. The molecule has 0 aliphatic rings. The highest BCUT2D eigenvalue weighted by Crippen LogP contribution is 2.16. The van der Waals surface area contributed by atoms with Crippen LogP contribution in [0.25, 0.3) is 0 Å². The molecular weight excluding hydrogens is 266 g/mol. The van der Waals surface area contributed by atoms with Crippen LogP contribution >= 0.6 is 23.1 Å². The average molecular weight is 281 g/mol. The van der Waals surface area contributed by atoms with Crippen molar-refractivity contribution >= 4 is 34.7 Å². The molecule has 2 N–H and O–H groups in total. The summed E-state index contributed by atoms with van der Waals surface area (Å²) in [5.41, 5.74) is 2.96. The second-order valence-corrected chi connectivity index (χ2v) is 5.02. The van der Waals surface area contributed by atoms with Gasteiger partial charge in [-0.25, -0.2) is 15.0 Å². The zero-order valence-electron chi connectivity index (χ0n) is 10.3. The standard InChI is InChI=1S/C11H15N5S2/c1-12-9-5-10(16-11(15-9)17-2)13-4-3-8-6-18-7-14-8/h5-7H,3-4H2,1-2H3,(H2,12,13,15,16). The number of thioether (sulfide) groups is 1. The van der Waals surface area contributed by atoms with Gasteiger partial charge < -0.3 is 10.6 Å². The van der Waals surface area contributed by atoms with E-state index in [-0.39, 0.29) is 0 Å². The van der Waals surface area contributed by atoms with Gasteiger partial charge in [-0.1, -0.05) is 11.8 Å². The Labute approximate surface area is 114 Å². The van der Waals surface area contributed by atoms with Crippen molar-refractivity contribution < 1.29 is 0 Å². The van der Waals surface area contributed by atoms with E-state index in [2.05, 4.69) is 31.0 Å². The molecule has 0 fully saturated rings. The van der Waals surface area contributed by atoms with E-state index in [1.165, 1.54) is 11.8 Å². The summed E-state index contributed by atoms with van der Waals surface area (Å²) in [6.45, 7) is 0.817. The van der Waals surface area contributed by atoms with Crippen molar-refractivity contribution in [2.24, 2.45) is 0 Å². The normalized spacial score (nSPS) is 10.3. The fourth-order valence-electron chi connectivity index (χ4n) is 1.41. The van der Waals surface area contributed by atoms with E-state index in [1.54, 1.807) is 11.3 Å².